The van der Waals surface area contributed by atoms with Gasteiger partial charge in [0.05, 0.1) is 6.10 Å². The van der Waals surface area contributed by atoms with Gasteiger partial charge in [0.1, 0.15) is 0 Å². The molecule has 0 spiro atoms. The number of rotatable bonds is 4. The third-order valence-electron chi connectivity index (χ3n) is 5.20. The Bertz CT molecular complexity index is 474. The maximum absolute atomic E-state index is 6.28. The fourth-order valence-corrected chi connectivity index (χ4v) is 4.09. The van der Waals surface area contributed by atoms with E-state index in [1.165, 1.54) is 31.2 Å². The van der Waals surface area contributed by atoms with Crippen LogP contribution in [0.25, 0.3) is 0 Å². The molecular formula is C18H27ClN2O. The molecule has 1 heterocycles. The Morgan fingerprint density at radius 1 is 1.09 bits per heavy atom. The Balaban J connectivity index is 1.53. The van der Waals surface area contributed by atoms with Gasteiger partial charge in [0.2, 0.25) is 0 Å². The minimum atomic E-state index is 0.434. The summed E-state index contributed by atoms with van der Waals surface area (Å²) in [6, 6.07) is 8.82. The van der Waals surface area contributed by atoms with Gasteiger partial charge in [0.15, 0.2) is 0 Å². The zero-order valence-corrected chi connectivity index (χ0v) is 14.3. The number of ether oxygens (including phenoxy) is 1. The Morgan fingerprint density at radius 3 is 2.55 bits per heavy atom. The molecule has 0 radical (unpaired) electrons. The minimum absolute atomic E-state index is 0.434. The van der Waals surface area contributed by atoms with Crippen molar-refractivity contribution in [3.8, 4) is 0 Å². The second-order valence-corrected chi connectivity index (χ2v) is 6.94. The summed E-state index contributed by atoms with van der Waals surface area (Å²) in [5.41, 5.74) is 1.24. The van der Waals surface area contributed by atoms with Crippen molar-refractivity contribution in [2.45, 2.75) is 44.4 Å². The lowest BCUT2D eigenvalue weighted by atomic mass is 9.90. The molecule has 1 aliphatic heterocycles. The number of hydrogen-bond acceptors (Lipinski definition) is 3. The molecular weight excluding hydrogens is 296 g/mol. The van der Waals surface area contributed by atoms with Gasteiger partial charge in [-0.1, -0.05) is 42.6 Å². The van der Waals surface area contributed by atoms with Crippen LogP contribution in [0.15, 0.2) is 24.3 Å². The van der Waals surface area contributed by atoms with Crippen molar-refractivity contribution < 1.29 is 4.74 Å². The van der Waals surface area contributed by atoms with Crippen LogP contribution in [-0.4, -0.2) is 55.2 Å². The first kappa shape index (κ1) is 16.3. The van der Waals surface area contributed by atoms with Crippen molar-refractivity contribution in [3.05, 3.63) is 34.9 Å². The van der Waals surface area contributed by atoms with Crippen LogP contribution in [0.2, 0.25) is 5.02 Å². The Labute approximate surface area is 139 Å². The summed E-state index contributed by atoms with van der Waals surface area (Å²) in [7, 11) is 1.87. The zero-order valence-electron chi connectivity index (χ0n) is 13.5. The van der Waals surface area contributed by atoms with E-state index in [1.807, 2.05) is 19.2 Å². The molecule has 2 fully saturated rings. The molecule has 1 saturated carbocycles. The second kappa shape index (κ2) is 7.78. The van der Waals surface area contributed by atoms with Crippen molar-refractivity contribution >= 4 is 11.6 Å². The van der Waals surface area contributed by atoms with Gasteiger partial charge in [-0.25, -0.2) is 0 Å². The molecule has 0 N–H and O–H groups in total. The number of halogens is 1. The summed E-state index contributed by atoms with van der Waals surface area (Å²) in [5.74, 6) is 0. The number of nitrogens with zero attached hydrogens (tertiary/aromatic N) is 2. The molecule has 1 aromatic carbocycles. The van der Waals surface area contributed by atoms with Gasteiger partial charge >= 0.3 is 0 Å². The normalized spacial score (nSPS) is 27.9. The third-order valence-corrected chi connectivity index (χ3v) is 5.57. The average Bonchev–Trinajstić information content (AvgIpc) is 2.58. The lowest BCUT2D eigenvalue weighted by Crippen LogP contribution is -2.54. The topological polar surface area (TPSA) is 15.7 Å². The summed E-state index contributed by atoms with van der Waals surface area (Å²) >= 11 is 6.28. The molecule has 22 heavy (non-hydrogen) atoms. The van der Waals surface area contributed by atoms with Gasteiger partial charge in [0.25, 0.3) is 0 Å². The lowest BCUT2D eigenvalue weighted by Gasteiger charge is -2.43. The van der Waals surface area contributed by atoms with E-state index in [0.29, 0.717) is 12.1 Å². The highest BCUT2D eigenvalue weighted by molar-refractivity contribution is 6.31. The molecule has 3 rings (SSSR count). The number of methoxy groups -OCH3 is 1. The Morgan fingerprint density at radius 2 is 1.82 bits per heavy atom. The number of benzene rings is 1. The standard InChI is InChI=1S/C18H27ClN2O/c1-22-18-9-5-4-8-17(18)21-12-10-20(11-13-21)14-15-6-2-3-7-16(15)19/h2-3,6-7,17-18H,4-5,8-14H2,1H3. The van der Waals surface area contributed by atoms with E-state index in [0.717, 1.165) is 37.7 Å². The molecule has 2 atom stereocenters. The van der Waals surface area contributed by atoms with Crippen molar-refractivity contribution in [1.82, 2.24) is 9.80 Å². The summed E-state index contributed by atoms with van der Waals surface area (Å²) < 4.78 is 5.72. The highest BCUT2D eigenvalue weighted by Crippen LogP contribution is 2.26. The van der Waals surface area contributed by atoms with Crippen LogP contribution in [-0.2, 0) is 11.3 Å². The van der Waals surface area contributed by atoms with Crippen LogP contribution in [0.4, 0.5) is 0 Å². The Kier molecular flexibility index (Phi) is 5.75. The summed E-state index contributed by atoms with van der Waals surface area (Å²) in [6.45, 7) is 5.51. The second-order valence-electron chi connectivity index (χ2n) is 6.53. The predicted molar refractivity (Wildman–Crippen MR) is 91.4 cm³/mol. The molecule has 3 nitrogen and oxygen atoms in total. The van der Waals surface area contributed by atoms with Gasteiger partial charge in [0, 0.05) is 50.9 Å². The molecule has 1 aliphatic carbocycles. The molecule has 1 aromatic rings. The van der Waals surface area contributed by atoms with Crippen molar-refractivity contribution in [3.63, 3.8) is 0 Å². The maximum Gasteiger partial charge on any atom is 0.0726 e. The SMILES string of the molecule is COC1CCCCC1N1CCN(Cc2ccccc2Cl)CC1. The van der Waals surface area contributed by atoms with Crippen LogP contribution in [0.5, 0.6) is 0 Å². The molecule has 2 aliphatic rings. The first-order chi connectivity index (χ1) is 10.8. The number of piperazine rings is 1. The molecule has 0 bridgehead atoms. The summed E-state index contributed by atoms with van der Waals surface area (Å²) in [4.78, 5) is 5.17. The smallest absolute Gasteiger partial charge is 0.0726 e. The van der Waals surface area contributed by atoms with Gasteiger partial charge in [-0.2, -0.15) is 0 Å². The van der Waals surface area contributed by atoms with Crippen LogP contribution < -0.4 is 0 Å². The largest absolute Gasteiger partial charge is 0.380 e. The summed E-state index contributed by atoms with van der Waals surface area (Å²) in [5, 5.41) is 0.886. The third kappa shape index (κ3) is 3.83. The quantitative estimate of drug-likeness (QED) is 0.845. The van der Waals surface area contributed by atoms with Crippen LogP contribution in [0.3, 0.4) is 0 Å². The molecule has 0 amide bonds. The predicted octanol–water partition coefficient (Wildman–Crippen LogP) is 3.42. The highest BCUT2D eigenvalue weighted by Gasteiger charge is 2.32. The fourth-order valence-electron chi connectivity index (χ4n) is 3.89. The molecule has 4 heteroatoms. The van der Waals surface area contributed by atoms with E-state index in [9.17, 15) is 0 Å². The molecule has 122 valence electrons. The van der Waals surface area contributed by atoms with E-state index < -0.39 is 0 Å². The number of hydrogen-bond donors (Lipinski definition) is 0. The average molecular weight is 323 g/mol. The van der Waals surface area contributed by atoms with Gasteiger partial charge in [-0.15, -0.1) is 0 Å². The van der Waals surface area contributed by atoms with Gasteiger partial charge < -0.3 is 4.74 Å². The Hall–Kier alpha value is -0.610. The van der Waals surface area contributed by atoms with E-state index in [-0.39, 0.29) is 0 Å². The van der Waals surface area contributed by atoms with E-state index in [1.54, 1.807) is 0 Å². The van der Waals surface area contributed by atoms with Gasteiger partial charge in [-0.05, 0) is 24.5 Å². The van der Waals surface area contributed by atoms with E-state index >= 15 is 0 Å². The van der Waals surface area contributed by atoms with Crippen molar-refractivity contribution in [1.29, 1.82) is 0 Å². The highest BCUT2D eigenvalue weighted by atomic mass is 35.5. The summed E-state index contributed by atoms with van der Waals surface area (Å²) in [6.07, 6.45) is 5.62. The van der Waals surface area contributed by atoms with E-state index in [2.05, 4.69) is 21.9 Å². The van der Waals surface area contributed by atoms with Crippen LogP contribution >= 0.6 is 11.6 Å². The van der Waals surface area contributed by atoms with E-state index in [4.69, 9.17) is 16.3 Å². The monoisotopic (exact) mass is 322 g/mol. The lowest BCUT2D eigenvalue weighted by molar-refractivity contribution is -0.0279. The zero-order chi connectivity index (χ0) is 15.4. The minimum Gasteiger partial charge on any atom is -0.380 e. The van der Waals surface area contributed by atoms with Crippen molar-refractivity contribution in [2.75, 3.05) is 33.3 Å². The maximum atomic E-state index is 6.28. The molecule has 2 unspecified atom stereocenters. The van der Waals surface area contributed by atoms with Crippen molar-refractivity contribution in [2.24, 2.45) is 0 Å². The fraction of sp³-hybridized carbons (Fsp3) is 0.667. The van der Waals surface area contributed by atoms with Crippen LogP contribution in [0.1, 0.15) is 31.2 Å². The van der Waals surface area contributed by atoms with Gasteiger partial charge in [-0.3, -0.25) is 9.80 Å². The first-order valence-electron chi connectivity index (χ1n) is 8.50. The molecule has 1 saturated heterocycles. The first-order valence-corrected chi connectivity index (χ1v) is 8.88. The molecule has 0 aromatic heterocycles. The van der Waals surface area contributed by atoms with Crippen LogP contribution in [0, 0.1) is 0 Å².